The van der Waals surface area contributed by atoms with Gasteiger partial charge in [-0.2, -0.15) is 4.31 Å². The maximum absolute atomic E-state index is 13.6. The first kappa shape index (κ1) is 27.2. The Hall–Kier alpha value is -3.85. The van der Waals surface area contributed by atoms with Crippen LogP contribution in [0.2, 0.25) is 5.02 Å². The van der Waals surface area contributed by atoms with Gasteiger partial charge in [-0.05, 0) is 67.1 Å². The third-order valence-electron chi connectivity index (χ3n) is 5.48. The van der Waals surface area contributed by atoms with Crippen LogP contribution in [0.15, 0.2) is 108 Å². The zero-order valence-electron chi connectivity index (χ0n) is 20.7. The van der Waals surface area contributed by atoms with Crippen LogP contribution < -0.4 is 14.8 Å². The molecule has 1 N–H and O–H groups in total. The quantitative estimate of drug-likeness (QED) is 0.235. The fourth-order valence-corrected chi connectivity index (χ4v) is 5.25. The van der Waals surface area contributed by atoms with Crippen molar-refractivity contribution in [3.8, 4) is 17.2 Å². The Morgan fingerprint density at radius 3 is 2.18 bits per heavy atom. The van der Waals surface area contributed by atoms with Gasteiger partial charge in [-0.25, -0.2) is 8.42 Å². The number of hydrogen-bond donors (Lipinski definition) is 1. The predicted octanol–water partition coefficient (Wildman–Crippen LogP) is 6.36. The van der Waals surface area contributed by atoms with E-state index in [0.29, 0.717) is 34.6 Å². The number of carbonyl (C=O) groups excluding carboxylic acids is 1. The Morgan fingerprint density at radius 2 is 1.53 bits per heavy atom. The molecule has 0 fully saturated rings. The third kappa shape index (κ3) is 7.13. The zero-order valence-corrected chi connectivity index (χ0v) is 22.3. The molecule has 0 heterocycles. The van der Waals surface area contributed by atoms with Gasteiger partial charge in [-0.1, -0.05) is 60.1 Å². The molecule has 0 radical (unpaired) electrons. The lowest BCUT2D eigenvalue weighted by Gasteiger charge is -2.22. The van der Waals surface area contributed by atoms with E-state index in [9.17, 15) is 13.2 Å². The Bertz CT molecular complexity index is 1460. The lowest BCUT2D eigenvalue weighted by atomic mass is 10.2. The summed E-state index contributed by atoms with van der Waals surface area (Å²) in [7, 11) is -4.03. The molecule has 0 aliphatic carbocycles. The molecule has 4 aromatic carbocycles. The van der Waals surface area contributed by atoms with Gasteiger partial charge in [0.1, 0.15) is 11.5 Å². The first-order valence-corrected chi connectivity index (χ1v) is 13.8. The van der Waals surface area contributed by atoms with Gasteiger partial charge in [0.2, 0.25) is 15.9 Å². The van der Waals surface area contributed by atoms with Crippen LogP contribution in [0.3, 0.4) is 0 Å². The number of benzene rings is 4. The van der Waals surface area contributed by atoms with Gasteiger partial charge < -0.3 is 14.8 Å². The normalized spacial score (nSPS) is 11.2. The molecule has 38 heavy (non-hydrogen) atoms. The van der Waals surface area contributed by atoms with Crippen molar-refractivity contribution in [2.24, 2.45) is 0 Å². The van der Waals surface area contributed by atoms with Crippen molar-refractivity contribution >= 4 is 33.2 Å². The van der Waals surface area contributed by atoms with Gasteiger partial charge in [0.25, 0.3) is 0 Å². The van der Waals surface area contributed by atoms with Gasteiger partial charge in [0.15, 0.2) is 5.75 Å². The lowest BCUT2D eigenvalue weighted by molar-refractivity contribution is -0.116. The SMILES string of the molecule is CCOc1ccc(S(=O)(=O)N(CC(=O)Nc2cc(Cl)ccc2Oc2ccccc2)Cc2ccccc2)cc1. The maximum Gasteiger partial charge on any atom is 0.243 e. The molecule has 0 saturated carbocycles. The number of anilines is 1. The third-order valence-corrected chi connectivity index (χ3v) is 7.52. The average molecular weight is 551 g/mol. The van der Waals surface area contributed by atoms with Crippen molar-refractivity contribution in [3.05, 3.63) is 114 Å². The second-order valence-electron chi connectivity index (χ2n) is 8.27. The van der Waals surface area contributed by atoms with Crippen molar-refractivity contribution in [2.75, 3.05) is 18.5 Å². The number of nitrogens with zero attached hydrogens (tertiary/aromatic N) is 1. The molecule has 7 nitrogen and oxygen atoms in total. The molecular weight excluding hydrogens is 524 g/mol. The van der Waals surface area contributed by atoms with Crippen LogP contribution in [-0.2, 0) is 21.4 Å². The number of halogens is 1. The first-order valence-electron chi connectivity index (χ1n) is 11.9. The molecule has 0 bridgehead atoms. The number of ether oxygens (including phenoxy) is 2. The predicted molar refractivity (Wildman–Crippen MR) is 148 cm³/mol. The van der Waals surface area contributed by atoms with Crippen molar-refractivity contribution in [1.29, 1.82) is 0 Å². The highest BCUT2D eigenvalue weighted by Crippen LogP contribution is 2.32. The minimum Gasteiger partial charge on any atom is -0.494 e. The minimum atomic E-state index is -4.03. The van der Waals surface area contributed by atoms with Crippen molar-refractivity contribution in [3.63, 3.8) is 0 Å². The summed E-state index contributed by atoms with van der Waals surface area (Å²) in [5.74, 6) is 0.966. The fraction of sp³-hybridized carbons (Fsp3) is 0.138. The molecule has 196 valence electrons. The number of rotatable bonds is 11. The molecule has 0 atom stereocenters. The van der Waals surface area contributed by atoms with E-state index in [-0.39, 0.29) is 11.4 Å². The number of sulfonamides is 1. The van der Waals surface area contributed by atoms with Crippen LogP contribution in [0.25, 0.3) is 0 Å². The summed E-state index contributed by atoms with van der Waals surface area (Å²) in [4.78, 5) is 13.3. The van der Waals surface area contributed by atoms with Gasteiger partial charge in [-0.15, -0.1) is 0 Å². The Kier molecular flexibility index (Phi) is 9.02. The highest BCUT2D eigenvalue weighted by atomic mass is 35.5. The summed E-state index contributed by atoms with van der Waals surface area (Å²) < 4.78 is 39.7. The maximum atomic E-state index is 13.6. The summed E-state index contributed by atoms with van der Waals surface area (Å²) in [5, 5.41) is 3.16. The van der Waals surface area contributed by atoms with Gasteiger partial charge in [0, 0.05) is 11.6 Å². The smallest absolute Gasteiger partial charge is 0.243 e. The molecule has 0 aliphatic rings. The molecular formula is C29H27ClN2O5S. The molecule has 0 spiro atoms. The molecule has 4 aromatic rings. The Balaban J connectivity index is 1.58. The lowest BCUT2D eigenvalue weighted by Crippen LogP contribution is -2.37. The molecule has 0 unspecified atom stereocenters. The molecule has 1 amide bonds. The van der Waals surface area contributed by atoms with E-state index in [1.807, 2.05) is 43.3 Å². The zero-order chi connectivity index (χ0) is 27.0. The molecule has 0 aliphatic heterocycles. The monoisotopic (exact) mass is 550 g/mol. The van der Waals surface area contributed by atoms with E-state index < -0.39 is 22.5 Å². The molecule has 0 saturated heterocycles. The average Bonchev–Trinajstić information content (AvgIpc) is 2.91. The van der Waals surface area contributed by atoms with Crippen LogP contribution in [-0.4, -0.2) is 31.8 Å². The second-order valence-corrected chi connectivity index (χ2v) is 10.6. The van der Waals surface area contributed by atoms with Gasteiger partial charge in [0.05, 0.1) is 23.7 Å². The number of nitrogens with one attached hydrogen (secondary N) is 1. The molecule has 0 aromatic heterocycles. The van der Waals surface area contributed by atoms with Crippen molar-refractivity contribution < 1.29 is 22.7 Å². The minimum absolute atomic E-state index is 0.00667. The summed E-state index contributed by atoms with van der Waals surface area (Å²) >= 11 is 6.18. The summed E-state index contributed by atoms with van der Waals surface area (Å²) in [6, 6.07) is 29.2. The molecule has 9 heteroatoms. The van der Waals surface area contributed by atoms with Crippen LogP contribution in [0.1, 0.15) is 12.5 Å². The largest absolute Gasteiger partial charge is 0.494 e. The van der Waals surface area contributed by atoms with E-state index in [4.69, 9.17) is 21.1 Å². The second kappa shape index (κ2) is 12.6. The standard InChI is InChI=1S/C29H27ClN2O5S/c1-2-36-24-14-16-26(17-15-24)38(34,35)32(20-22-9-5-3-6-10-22)21-29(33)31-27-19-23(30)13-18-28(27)37-25-11-7-4-8-12-25/h3-19H,2,20-21H2,1H3,(H,31,33). The van der Waals surface area contributed by atoms with Crippen LogP contribution in [0.5, 0.6) is 17.2 Å². The highest BCUT2D eigenvalue weighted by molar-refractivity contribution is 7.89. The van der Waals surface area contributed by atoms with Crippen LogP contribution in [0, 0.1) is 0 Å². The topological polar surface area (TPSA) is 84.9 Å². The summed E-state index contributed by atoms with van der Waals surface area (Å²) in [6.07, 6.45) is 0. The van der Waals surface area contributed by atoms with Crippen molar-refractivity contribution in [1.82, 2.24) is 4.31 Å². The van der Waals surface area contributed by atoms with Gasteiger partial charge in [-0.3, -0.25) is 4.79 Å². The van der Waals surface area contributed by atoms with E-state index >= 15 is 0 Å². The fourth-order valence-electron chi connectivity index (χ4n) is 3.69. The van der Waals surface area contributed by atoms with Gasteiger partial charge >= 0.3 is 0 Å². The van der Waals surface area contributed by atoms with E-state index in [0.717, 1.165) is 9.87 Å². The molecule has 4 rings (SSSR count). The number of amides is 1. The Labute approximate surface area is 227 Å². The summed E-state index contributed by atoms with van der Waals surface area (Å²) in [6.45, 7) is 1.89. The number of carbonyl (C=O) groups is 1. The van der Waals surface area contributed by atoms with E-state index in [1.165, 1.54) is 12.1 Å². The number of hydrogen-bond acceptors (Lipinski definition) is 5. The first-order chi connectivity index (χ1) is 18.3. The van der Waals surface area contributed by atoms with E-state index in [2.05, 4.69) is 5.32 Å². The number of para-hydroxylation sites is 1. The van der Waals surface area contributed by atoms with Crippen LogP contribution >= 0.6 is 11.6 Å². The van der Waals surface area contributed by atoms with E-state index in [1.54, 1.807) is 54.6 Å². The highest BCUT2D eigenvalue weighted by Gasteiger charge is 2.27. The Morgan fingerprint density at radius 1 is 0.868 bits per heavy atom. The van der Waals surface area contributed by atoms with Crippen molar-refractivity contribution in [2.45, 2.75) is 18.4 Å². The van der Waals surface area contributed by atoms with Crippen LogP contribution in [0.4, 0.5) is 5.69 Å². The summed E-state index contributed by atoms with van der Waals surface area (Å²) in [5.41, 5.74) is 1.06.